The van der Waals surface area contributed by atoms with Crippen LogP contribution >= 0.6 is 0 Å². The minimum Gasteiger partial charge on any atom is -0.444 e. The number of hydrogen-bond acceptors (Lipinski definition) is 2. The molecule has 0 radical (unpaired) electrons. The van der Waals surface area contributed by atoms with Gasteiger partial charge in [0.2, 0.25) is 0 Å². The summed E-state index contributed by atoms with van der Waals surface area (Å²) in [5.74, 6) is 0. The van der Waals surface area contributed by atoms with E-state index in [1.54, 1.807) is 4.57 Å². The number of nitrogens with zero attached hydrogens (tertiary/aromatic N) is 1. The zero-order valence-electron chi connectivity index (χ0n) is 13.8. The van der Waals surface area contributed by atoms with E-state index in [1.165, 1.54) is 5.56 Å². The molecule has 3 rings (SSSR count). The van der Waals surface area contributed by atoms with Gasteiger partial charge in [0.1, 0.15) is 6.61 Å². The highest BCUT2D eigenvalue weighted by atomic mass is 16.5. The Morgan fingerprint density at radius 2 is 1.46 bits per heavy atom. The van der Waals surface area contributed by atoms with Crippen LogP contribution in [0.3, 0.4) is 0 Å². The quantitative estimate of drug-likeness (QED) is 0.678. The van der Waals surface area contributed by atoms with Crippen molar-refractivity contribution in [3.8, 4) is 0 Å². The van der Waals surface area contributed by atoms with Crippen LogP contribution in [0, 0.1) is 6.92 Å². The molecule has 3 nitrogen and oxygen atoms in total. The van der Waals surface area contributed by atoms with Crippen molar-refractivity contribution in [3.05, 3.63) is 95.3 Å². The third-order valence-corrected chi connectivity index (χ3v) is 4.06. The van der Waals surface area contributed by atoms with Crippen molar-refractivity contribution in [2.24, 2.45) is 0 Å². The SMILES string of the molecule is Cc1ccc(CCc2ccccc2)n1C(=O)OCc1ccccc1. The Hall–Kier alpha value is -2.81. The number of hydrogen-bond donors (Lipinski definition) is 0. The number of rotatable bonds is 5. The Labute approximate surface area is 142 Å². The van der Waals surface area contributed by atoms with Crippen molar-refractivity contribution in [2.75, 3.05) is 0 Å². The first kappa shape index (κ1) is 16.1. The van der Waals surface area contributed by atoms with Crippen molar-refractivity contribution in [3.63, 3.8) is 0 Å². The molecule has 0 N–H and O–H groups in total. The zero-order valence-corrected chi connectivity index (χ0v) is 13.8. The van der Waals surface area contributed by atoms with Crippen LogP contribution in [0.25, 0.3) is 0 Å². The van der Waals surface area contributed by atoms with Crippen LogP contribution in [0.1, 0.15) is 22.5 Å². The molecule has 0 bridgehead atoms. The third-order valence-electron chi connectivity index (χ3n) is 4.06. The summed E-state index contributed by atoms with van der Waals surface area (Å²) in [5, 5.41) is 0. The molecule has 3 aromatic rings. The van der Waals surface area contributed by atoms with Gasteiger partial charge in [0, 0.05) is 11.4 Å². The maximum atomic E-state index is 12.5. The van der Waals surface area contributed by atoms with Crippen molar-refractivity contribution >= 4 is 6.09 Å². The largest absolute Gasteiger partial charge is 0.444 e. The second-order valence-corrected chi connectivity index (χ2v) is 5.83. The summed E-state index contributed by atoms with van der Waals surface area (Å²) in [7, 11) is 0. The molecule has 0 unspecified atom stereocenters. The lowest BCUT2D eigenvalue weighted by Gasteiger charge is -2.11. The van der Waals surface area contributed by atoms with Gasteiger partial charge < -0.3 is 4.74 Å². The van der Waals surface area contributed by atoms with Crippen LogP contribution < -0.4 is 0 Å². The van der Waals surface area contributed by atoms with Crippen molar-refractivity contribution in [2.45, 2.75) is 26.4 Å². The van der Waals surface area contributed by atoms with Gasteiger partial charge in [0.25, 0.3) is 0 Å². The Morgan fingerprint density at radius 3 is 2.12 bits per heavy atom. The minimum absolute atomic E-state index is 0.287. The van der Waals surface area contributed by atoms with Gasteiger partial charge in [-0.2, -0.15) is 0 Å². The summed E-state index contributed by atoms with van der Waals surface area (Å²) in [5.41, 5.74) is 4.13. The van der Waals surface area contributed by atoms with E-state index in [9.17, 15) is 4.79 Å². The van der Waals surface area contributed by atoms with Gasteiger partial charge in [-0.3, -0.25) is 4.57 Å². The monoisotopic (exact) mass is 319 g/mol. The zero-order chi connectivity index (χ0) is 16.8. The maximum absolute atomic E-state index is 12.5. The molecule has 2 aromatic carbocycles. The molecule has 0 aliphatic rings. The Kier molecular flexibility index (Phi) is 5.12. The average Bonchev–Trinajstić information content (AvgIpc) is 3.00. The smallest absolute Gasteiger partial charge is 0.418 e. The number of aromatic nitrogens is 1. The Balaban J connectivity index is 1.66. The fourth-order valence-electron chi connectivity index (χ4n) is 2.75. The van der Waals surface area contributed by atoms with Gasteiger partial charge in [0.05, 0.1) is 0 Å². The molecule has 3 heteroatoms. The van der Waals surface area contributed by atoms with Crippen molar-refractivity contribution in [1.82, 2.24) is 4.57 Å². The molecular weight excluding hydrogens is 298 g/mol. The number of carbonyl (C=O) groups excluding carboxylic acids is 1. The van der Waals surface area contributed by atoms with Crippen LogP contribution in [0.5, 0.6) is 0 Å². The summed E-state index contributed by atoms with van der Waals surface area (Å²) in [6, 6.07) is 24.0. The van der Waals surface area contributed by atoms with Gasteiger partial charge in [-0.05, 0) is 43.0 Å². The molecule has 24 heavy (non-hydrogen) atoms. The topological polar surface area (TPSA) is 31.2 Å². The van der Waals surface area contributed by atoms with Crippen LogP contribution in [-0.4, -0.2) is 10.7 Å². The fraction of sp³-hybridized carbons (Fsp3) is 0.190. The molecule has 0 spiro atoms. The average molecular weight is 319 g/mol. The highest BCUT2D eigenvalue weighted by Gasteiger charge is 2.14. The molecule has 0 atom stereocenters. The first-order valence-corrected chi connectivity index (χ1v) is 8.16. The lowest BCUT2D eigenvalue weighted by atomic mass is 10.1. The van der Waals surface area contributed by atoms with Crippen LogP contribution in [-0.2, 0) is 24.2 Å². The van der Waals surface area contributed by atoms with E-state index in [1.807, 2.05) is 67.6 Å². The summed E-state index contributed by atoms with van der Waals surface area (Å²) in [4.78, 5) is 12.5. The maximum Gasteiger partial charge on any atom is 0.418 e. The van der Waals surface area contributed by atoms with E-state index in [2.05, 4.69) is 12.1 Å². The second kappa shape index (κ2) is 7.64. The standard InChI is InChI=1S/C21H21NO2/c1-17-12-14-20(15-13-18-8-4-2-5-9-18)22(17)21(23)24-16-19-10-6-3-7-11-19/h2-12,14H,13,15-16H2,1H3. The first-order valence-electron chi connectivity index (χ1n) is 8.16. The van der Waals surface area contributed by atoms with Crippen molar-refractivity contribution < 1.29 is 9.53 Å². The van der Waals surface area contributed by atoms with E-state index in [0.29, 0.717) is 0 Å². The summed E-state index contributed by atoms with van der Waals surface area (Å²) < 4.78 is 7.14. The number of carbonyl (C=O) groups is 1. The van der Waals surface area contributed by atoms with E-state index in [4.69, 9.17) is 4.74 Å². The lowest BCUT2D eigenvalue weighted by Crippen LogP contribution is -2.18. The molecule has 0 saturated heterocycles. The Morgan fingerprint density at radius 1 is 0.833 bits per heavy atom. The molecule has 0 aliphatic carbocycles. The molecule has 1 heterocycles. The highest BCUT2D eigenvalue weighted by molar-refractivity contribution is 5.72. The third kappa shape index (κ3) is 3.93. The van der Waals surface area contributed by atoms with E-state index in [-0.39, 0.29) is 12.7 Å². The molecule has 0 saturated carbocycles. The number of aryl methyl sites for hydroxylation is 3. The molecule has 0 aliphatic heterocycles. The van der Waals surface area contributed by atoms with Gasteiger partial charge in [-0.15, -0.1) is 0 Å². The number of benzene rings is 2. The fourth-order valence-corrected chi connectivity index (χ4v) is 2.75. The van der Waals surface area contributed by atoms with Gasteiger partial charge in [-0.1, -0.05) is 60.7 Å². The molecule has 1 aromatic heterocycles. The van der Waals surface area contributed by atoms with Crippen molar-refractivity contribution in [1.29, 1.82) is 0 Å². The van der Waals surface area contributed by atoms with Gasteiger partial charge >= 0.3 is 6.09 Å². The summed E-state index contributed by atoms with van der Waals surface area (Å²) >= 11 is 0. The van der Waals surface area contributed by atoms with Crippen LogP contribution in [0.15, 0.2) is 72.8 Å². The predicted octanol–water partition coefficient (Wildman–Crippen LogP) is 4.77. The lowest BCUT2D eigenvalue weighted by molar-refractivity contribution is 0.140. The van der Waals surface area contributed by atoms with Crippen LogP contribution in [0.4, 0.5) is 4.79 Å². The predicted molar refractivity (Wildman–Crippen MR) is 95.0 cm³/mol. The van der Waals surface area contributed by atoms with E-state index < -0.39 is 0 Å². The summed E-state index contributed by atoms with van der Waals surface area (Å²) in [6.45, 7) is 2.21. The van der Waals surface area contributed by atoms with E-state index >= 15 is 0 Å². The Bertz CT molecular complexity index is 791. The first-order chi connectivity index (χ1) is 11.7. The second-order valence-electron chi connectivity index (χ2n) is 5.83. The number of ether oxygens (including phenoxy) is 1. The summed E-state index contributed by atoms with van der Waals surface area (Å²) in [6.07, 6.45) is 1.39. The minimum atomic E-state index is -0.315. The van der Waals surface area contributed by atoms with Gasteiger partial charge in [-0.25, -0.2) is 4.79 Å². The normalized spacial score (nSPS) is 10.5. The molecule has 0 fully saturated rings. The van der Waals surface area contributed by atoms with Gasteiger partial charge in [0.15, 0.2) is 0 Å². The van der Waals surface area contributed by atoms with E-state index in [0.717, 1.165) is 29.8 Å². The molecule has 122 valence electrons. The highest BCUT2D eigenvalue weighted by Crippen LogP contribution is 2.14. The molecular formula is C21H21NO2. The van der Waals surface area contributed by atoms with Crippen LogP contribution in [0.2, 0.25) is 0 Å². The molecule has 0 amide bonds.